The number of amides is 2. The van der Waals surface area contributed by atoms with Gasteiger partial charge in [-0.05, 0) is 38.0 Å². The highest BCUT2D eigenvalue weighted by molar-refractivity contribution is 5.77. The minimum absolute atomic E-state index is 0.167. The van der Waals surface area contributed by atoms with Gasteiger partial charge in [0.25, 0.3) is 0 Å². The highest BCUT2D eigenvalue weighted by Crippen LogP contribution is 2.30. The molecule has 0 aliphatic carbocycles. The van der Waals surface area contributed by atoms with Crippen molar-refractivity contribution in [3.63, 3.8) is 0 Å². The predicted octanol–water partition coefficient (Wildman–Crippen LogP) is 2.42. The lowest BCUT2D eigenvalue weighted by molar-refractivity contribution is -0.142. The van der Waals surface area contributed by atoms with Gasteiger partial charge in [0, 0.05) is 26.4 Å². The first-order chi connectivity index (χ1) is 9.50. The summed E-state index contributed by atoms with van der Waals surface area (Å²) in [5, 5.41) is 0. The summed E-state index contributed by atoms with van der Waals surface area (Å²) in [5.74, 6) is 0.845. The summed E-state index contributed by atoms with van der Waals surface area (Å²) in [4.78, 5) is 28.5. The summed E-state index contributed by atoms with van der Waals surface area (Å²) >= 11 is 0. The number of piperidine rings is 1. The van der Waals surface area contributed by atoms with Crippen LogP contribution in [0, 0.1) is 5.92 Å². The summed E-state index contributed by atoms with van der Waals surface area (Å²) in [7, 11) is 0. The Morgan fingerprint density at radius 3 is 2.25 bits per heavy atom. The van der Waals surface area contributed by atoms with E-state index in [9.17, 15) is 9.59 Å². The molecule has 2 rings (SSSR count). The molecule has 2 saturated heterocycles. The molecule has 20 heavy (non-hydrogen) atoms. The number of fused-ring (bicyclic) bond motifs is 1. The van der Waals surface area contributed by atoms with Gasteiger partial charge < -0.3 is 9.80 Å². The molecule has 0 N–H and O–H groups in total. The Kier molecular flexibility index (Phi) is 5.06. The van der Waals surface area contributed by atoms with Gasteiger partial charge in [0.2, 0.25) is 11.8 Å². The van der Waals surface area contributed by atoms with Crippen molar-refractivity contribution in [3.05, 3.63) is 0 Å². The number of rotatable bonds is 2. The van der Waals surface area contributed by atoms with Crippen LogP contribution >= 0.6 is 0 Å². The SMILES string of the molecule is CC(=O)N1CCCC[C@@H]2[C@H]1CCCN2C(=O)CC(C)C. The van der Waals surface area contributed by atoms with Crippen molar-refractivity contribution in [1.82, 2.24) is 9.80 Å². The van der Waals surface area contributed by atoms with Crippen LogP contribution in [0.5, 0.6) is 0 Å². The normalized spacial score (nSPS) is 27.2. The average Bonchev–Trinajstić information content (AvgIpc) is 2.59. The molecule has 2 fully saturated rings. The fraction of sp³-hybridized carbons (Fsp3) is 0.875. The highest BCUT2D eigenvalue weighted by Gasteiger charge is 2.39. The van der Waals surface area contributed by atoms with E-state index >= 15 is 0 Å². The van der Waals surface area contributed by atoms with E-state index in [1.165, 1.54) is 0 Å². The van der Waals surface area contributed by atoms with Crippen LogP contribution in [-0.2, 0) is 9.59 Å². The molecular weight excluding hydrogens is 252 g/mol. The second-order valence-electron chi connectivity index (χ2n) is 6.67. The maximum atomic E-state index is 12.5. The quantitative estimate of drug-likeness (QED) is 0.779. The minimum Gasteiger partial charge on any atom is -0.338 e. The number of hydrogen-bond donors (Lipinski definition) is 0. The second-order valence-corrected chi connectivity index (χ2v) is 6.67. The van der Waals surface area contributed by atoms with Gasteiger partial charge in [-0.2, -0.15) is 0 Å². The van der Waals surface area contributed by atoms with Crippen molar-refractivity contribution in [2.75, 3.05) is 13.1 Å². The van der Waals surface area contributed by atoms with Crippen molar-refractivity contribution in [2.45, 2.75) is 71.4 Å². The zero-order valence-corrected chi connectivity index (χ0v) is 13.1. The van der Waals surface area contributed by atoms with E-state index in [1.807, 2.05) is 4.90 Å². The Balaban J connectivity index is 2.15. The molecule has 2 aliphatic rings. The molecule has 4 heteroatoms. The summed E-state index contributed by atoms with van der Waals surface area (Å²) in [5.41, 5.74) is 0. The van der Waals surface area contributed by atoms with Gasteiger partial charge in [-0.3, -0.25) is 9.59 Å². The van der Waals surface area contributed by atoms with E-state index in [-0.39, 0.29) is 23.9 Å². The molecule has 0 unspecified atom stereocenters. The van der Waals surface area contributed by atoms with Crippen LogP contribution < -0.4 is 0 Å². The van der Waals surface area contributed by atoms with E-state index in [0.717, 1.165) is 45.2 Å². The molecule has 0 radical (unpaired) electrons. The lowest BCUT2D eigenvalue weighted by Gasteiger charge is -2.45. The third kappa shape index (κ3) is 3.33. The summed E-state index contributed by atoms with van der Waals surface area (Å²) in [6.07, 6.45) is 5.95. The highest BCUT2D eigenvalue weighted by atomic mass is 16.2. The summed E-state index contributed by atoms with van der Waals surface area (Å²) in [6, 6.07) is 0.501. The van der Waals surface area contributed by atoms with Crippen molar-refractivity contribution in [1.29, 1.82) is 0 Å². The Morgan fingerprint density at radius 2 is 1.60 bits per heavy atom. The molecule has 0 saturated carbocycles. The first-order valence-corrected chi connectivity index (χ1v) is 8.07. The van der Waals surface area contributed by atoms with Crippen molar-refractivity contribution >= 4 is 11.8 Å². The first-order valence-electron chi connectivity index (χ1n) is 8.07. The maximum absolute atomic E-state index is 12.5. The molecule has 4 nitrogen and oxygen atoms in total. The predicted molar refractivity (Wildman–Crippen MR) is 79.2 cm³/mol. The van der Waals surface area contributed by atoms with E-state index < -0.39 is 0 Å². The zero-order valence-electron chi connectivity index (χ0n) is 13.1. The molecule has 114 valence electrons. The van der Waals surface area contributed by atoms with Crippen LogP contribution in [0.4, 0.5) is 0 Å². The van der Waals surface area contributed by atoms with Gasteiger partial charge >= 0.3 is 0 Å². The van der Waals surface area contributed by atoms with E-state index in [1.54, 1.807) is 6.92 Å². The monoisotopic (exact) mass is 280 g/mol. The van der Waals surface area contributed by atoms with Crippen molar-refractivity contribution in [3.8, 4) is 0 Å². The van der Waals surface area contributed by atoms with Gasteiger partial charge in [-0.15, -0.1) is 0 Å². The molecule has 2 amide bonds. The lowest BCUT2D eigenvalue weighted by atomic mass is 9.91. The molecule has 2 heterocycles. The van der Waals surface area contributed by atoms with Crippen LogP contribution in [0.1, 0.15) is 59.3 Å². The number of carbonyl (C=O) groups excluding carboxylic acids is 2. The van der Waals surface area contributed by atoms with Gasteiger partial charge in [-0.25, -0.2) is 0 Å². The zero-order chi connectivity index (χ0) is 14.7. The van der Waals surface area contributed by atoms with Gasteiger partial charge in [0.1, 0.15) is 0 Å². The maximum Gasteiger partial charge on any atom is 0.223 e. The van der Waals surface area contributed by atoms with E-state index in [4.69, 9.17) is 0 Å². The molecule has 2 aliphatic heterocycles. The minimum atomic E-state index is 0.167. The Labute approximate surface area is 122 Å². The molecule has 2 atom stereocenters. The van der Waals surface area contributed by atoms with Gasteiger partial charge in [-0.1, -0.05) is 13.8 Å². The molecule has 0 aromatic rings. The van der Waals surface area contributed by atoms with Crippen molar-refractivity contribution < 1.29 is 9.59 Å². The van der Waals surface area contributed by atoms with Crippen LogP contribution in [0.2, 0.25) is 0 Å². The van der Waals surface area contributed by atoms with Crippen LogP contribution in [-0.4, -0.2) is 46.8 Å². The number of carbonyl (C=O) groups is 2. The standard InChI is InChI=1S/C16H28N2O2/c1-12(2)11-16(20)18-10-6-8-14-15(18)7-4-5-9-17(14)13(3)19/h12,14-15H,4-11H2,1-3H3/t14-,15-/m1/s1. The molecule has 0 aromatic heterocycles. The van der Waals surface area contributed by atoms with Gasteiger partial charge in [0.15, 0.2) is 0 Å². The number of hydrogen-bond acceptors (Lipinski definition) is 2. The summed E-state index contributed by atoms with van der Waals surface area (Å²) in [6.45, 7) is 7.58. The average molecular weight is 280 g/mol. The van der Waals surface area contributed by atoms with E-state index in [2.05, 4.69) is 18.7 Å². The fourth-order valence-corrected chi connectivity index (χ4v) is 3.72. The second kappa shape index (κ2) is 6.59. The first kappa shape index (κ1) is 15.3. The third-order valence-corrected chi connectivity index (χ3v) is 4.60. The van der Waals surface area contributed by atoms with Crippen molar-refractivity contribution in [2.24, 2.45) is 5.92 Å². The Bertz CT molecular complexity index is 367. The Morgan fingerprint density at radius 1 is 1.00 bits per heavy atom. The largest absolute Gasteiger partial charge is 0.338 e. The van der Waals surface area contributed by atoms with Crippen LogP contribution in [0.25, 0.3) is 0 Å². The topological polar surface area (TPSA) is 40.6 Å². The number of nitrogens with zero attached hydrogens (tertiary/aromatic N) is 2. The summed E-state index contributed by atoms with van der Waals surface area (Å²) < 4.78 is 0. The molecule has 0 aromatic carbocycles. The number of likely N-dealkylation sites (tertiary alicyclic amines) is 2. The lowest BCUT2D eigenvalue weighted by Crippen LogP contribution is -2.57. The molecular formula is C16H28N2O2. The fourth-order valence-electron chi connectivity index (χ4n) is 3.72. The van der Waals surface area contributed by atoms with Gasteiger partial charge in [0.05, 0.1) is 12.1 Å². The van der Waals surface area contributed by atoms with E-state index in [0.29, 0.717) is 12.3 Å². The molecule has 0 bridgehead atoms. The Hall–Kier alpha value is -1.06. The third-order valence-electron chi connectivity index (χ3n) is 4.60. The molecule has 0 spiro atoms. The van der Waals surface area contributed by atoms with Crippen LogP contribution in [0.3, 0.4) is 0 Å². The smallest absolute Gasteiger partial charge is 0.223 e. The van der Waals surface area contributed by atoms with Crippen LogP contribution in [0.15, 0.2) is 0 Å².